The van der Waals surface area contributed by atoms with Crippen LogP contribution in [0.5, 0.6) is 5.75 Å². The Morgan fingerprint density at radius 3 is 2.56 bits per heavy atom. The highest BCUT2D eigenvalue weighted by molar-refractivity contribution is 6.07. The first-order valence-electron chi connectivity index (χ1n) is 5.89. The summed E-state index contributed by atoms with van der Waals surface area (Å²) in [7, 11) is 1.60. The Bertz CT molecular complexity index is 474. The van der Waals surface area contributed by atoms with Gasteiger partial charge in [0.15, 0.2) is 11.7 Å². The fourth-order valence-electron chi connectivity index (χ4n) is 1.77. The third kappa shape index (κ3) is 2.88. The molecule has 0 saturated heterocycles. The first kappa shape index (κ1) is 12.6. The second kappa shape index (κ2) is 4.80. The average molecular weight is 247 g/mol. The van der Waals surface area contributed by atoms with Gasteiger partial charge in [0.2, 0.25) is 0 Å². The van der Waals surface area contributed by atoms with Gasteiger partial charge in [-0.05, 0) is 38.1 Å². The van der Waals surface area contributed by atoms with Gasteiger partial charge in [0.05, 0.1) is 19.1 Å². The number of aliphatic imine (C=N–C) groups is 1. The number of ether oxygens (including phenoxy) is 2. The van der Waals surface area contributed by atoms with E-state index in [1.54, 1.807) is 31.4 Å². The second-order valence-electron chi connectivity index (χ2n) is 4.94. The van der Waals surface area contributed by atoms with Gasteiger partial charge in [-0.3, -0.25) is 4.79 Å². The Morgan fingerprint density at radius 2 is 2.06 bits per heavy atom. The van der Waals surface area contributed by atoms with Crippen LogP contribution in [0.25, 0.3) is 0 Å². The minimum absolute atomic E-state index is 0.00843. The van der Waals surface area contributed by atoms with Crippen molar-refractivity contribution < 1.29 is 14.3 Å². The van der Waals surface area contributed by atoms with Crippen LogP contribution in [0.3, 0.4) is 0 Å². The molecule has 0 radical (unpaired) electrons. The molecule has 1 aliphatic heterocycles. The zero-order valence-corrected chi connectivity index (χ0v) is 10.9. The zero-order chi connectivity index (χ0) is 13.2. The number of carbonyl (C=O) groups excluding carboxylic acids is 1. The Balaban J connectivity index is 2.04. The van der Waals surface area contributed by atoms with Crippen molar-refractivity contribution in [1.29, 1.82) is 0 Å². The van der Waals surface area contributed by atoms with Crippen molar-refractivity contribution in [3.8, 4) is 5.75 Å². The summed E-state index contributed by atoms with van der Waals surface area (Å²) in [6.45, 7) is 4.51. The monoisotopic (exact) mass is 247 g/mol. The lowest BCUT2D eigenvalue weighted by Crippen LogP contribution is -2.17. The molecule has 1 aliphatic rings. The fourth-order valence-corrected chi connectivity index (χ4v) is 1.77. The highest BCUT2D eigenvalue weighted by Gasteiger charge is 2.27. The molecule has 0 unspecified atom stereocenters. The summed E-state index contributed by atoms with van der Waals surface area (Å²) in [6.07, 6.45) is 0.218. The molecule has 1 heterocycles. The quantitative estimate of drug-likeness (QED) is 0.768. The Labute approximate surface area is 107 Å². The number of methoxy groups -OCH3 is 1. The SMILES string of the molecule is COc1ccc(C(=O)CC2=NC(C)(C)CO2)cc1. The summed E-state index contributed by atoms with van der Waals surface area (Å²) in [4.78, 5) is 16.4. The maximum absolute atomic E-state index is 12.0. The minimum Gasteiger partial charge on any atom is -0.497 e. The molecule has 2 rings (SSSR count). The van der Waals surface area contributed by atoms with Crippen molar-refractivity contribution in [2.45, 2.75) is 25.8 Å². The molecule has 0 bridgehead atoms. The molecule has 4 nitrogen and oxygen atoms in total. The van der Waals surface area contributed by atoms with Crippen LogP contribution >= 0.6 is 0 Å². The van der Waals surface area contributed by atoms with E-state index < -0.39 is 0 Å². The summed E-state index contributed by atoms with van der Waals surface area (Å²) in [5.74, 6) is 1.28. The van der Waals surface area contributed by atoms with Crippen LogP contribution in [0.15, 0.2) is 29.3 Å². The van der Waals surface area contributed by atoms with Gasteiger partial charge in [0.25, 0.3) is 0 Å². The first-order chi connectivity index (χ1) is 8.50. The Kier molecular flexibility index (Phi) is 3.36. The molecule has 0 spiro atoms. The van der Waals surface area contributed by atoms with Crippen molar-refractivity contribution >= 4 is 11.7 Å². The first-order valence-corrected chi connectivity index (χ1v) is 5.89. The van der Waals surface area contributed by atoms with E-state index in [0.717, 1.165) is 5.75 Å². The molecule has 0 N–H and O–H groups in total. The third-order valence-electron chi connectivity index (χ3n) is 2.74. The van der Waals surface area contributed by atoms with Gasteiger partial charge in [-0.15, -0.1) is 0 Å². The number of hydrogen-bond acceptors (Lipinski definition) is 4. The average Bonchev–Trinajstić information content (AvgIpc) is 2.68. The molecule has 0 atom stereocenters. The Hall–Kier alpha value is -1.84. The lowest BCUT2D eigenvalue weighted by Gasteiger charge is -2.07. The van der Waals surface area contributed by atoms with Crippen LogP contribution in [0.2, 0.25) is 0 Å². The van der Waals surface area contributed by atoms with E-state index in [0.29, 0.717) is 18.1 Å². The molecular weight excluding hydrogens is 230 g/mol. The van der Waals surface area contributed by atoms with E-state index in [9.17, 15) is 4.79 Å². The summed E-state index contributed by atoms with van der Waals surface area (Å²) in [5, 5.41) is 0. The second-order valence-corrected chi connectivity index (χ2v) is 4.94. The maximum Gasteiger partial charge on any atom is 0.191 e. The number of ketones is 1. The number of Topliss-reactive ketones (excluding diaryl/α,β-unsaturated/α-hetero) is 1. The summed E-state index contributed by atoms with van der Waals surface area (Å²) in [6, 6.07) is 7.05. The minimum atomic E-state index is -0.213. The van der Waals surface area contributed by atoms with Crippen molar-refractivity contribution in [3.63, 3.8) is 0 Å². The van der Waals surface area contributed by atoms with Gasteiger partial charge < -0.3 is 9.47 Å². The molecule has 96 valence electrons. The third-order valence-corrected chi connectivity index (χ3v) is 2.74. The van der Waals surface area contributed by atoms with E-state index in [-0.39, 0.29) is 17.7 Å². The molecule has 0 amide bonds. The Morgan fingerprint density at radius 1 is 1.39 bits per heavy atom. The van der Waals surface area contributed by atoms with E-state index in [1.165, 1.54) is 0 Å². The van der Waals surface area contributed by atoms with E-state index >= 15 is 0 Å². The number of carbonyl (C=O) groups is 1. The van der Waals surface area contributed by atoms with Crippen LogP contribution < -0.4 is 4.74 Å². The summed E-state index contributed by atoms with van der Waals surface area (Å²) in [5.41, 5.74) is 0.432. The number of nitrogens with zero attached hydrogens (tertiary/aromatic N) is 1. The van der Waals surface area contributed by atoms with Crippen molar-refractivity contribution in [3.05, 3.63) is 29.8 Å². The van der Waals surface area contributed by atoms with E-state index in [1.807, 2.05) is 13.8 Å². The number of benzene rings is 1. The van der Waals surface area contributed by atoms with Crippen LogP contribution in [0.1, 0.15) is 30.6 Å². The van der Waals surface area contributed by atoms with Gasteiger partial charge in [-0.1, -0.05) is 0 Å². The predicted octanol–water partition coefficient (Wildman–Crippen LogP) is 2.48. The summed E-state index contributed by atoms with van der Waals surface area (Å²) >= 11 is 0. The van der Waals surface area contributed by atoms with Gasteiger partial charge in [-0.2, -0.15) is 0 Å². The number of hydrogen-bond donors (Lipinski definition) is 0. The van der Waals surface area contributed by atoms with Gasteiger partial charge in [0.1, 0.15) is 12.4 Å². The molecule has 18 heavy (non-hydrogen) atoms. The van der Waals surface area contributed by atoms with E-state index in [4.69, 9.17) is 9.47 Å². The largest absolute Gasteiger partial charge is 0.497 e. The van der Waals surface area contributed by atoms with Crippen LogP contribution in [-0.2, 0) is 4.74 Å². The molecule has 0 saturated carbocycles. The summed E-state index contributed by atoms with van der Waals surface area (Å²) < 4.78 is 10.5. The van der Waals surface area contributed by atoms with Gasteiger partial charge in [-0.25, -0.2) is 4.99 Å². The highest BCUT2D eigenvalue weighted by Crippen LogP contribution is 2.20. The zero-order valence-electron chi connectivity index (χ0n) is 10.9. The van der Waals surface area contributed by atoms with Crippen LogP contribution in [0.4, 0.5) is 0 Å². The predicted molar refractivity (Wildman–Crippen MR) is 69.4 cm³/mol. The van der Waals surface area contributed by atoms with Crippen LogP contribution in [-0.4, -0.2) is 30.9 Å². The molecule has 0 aliphatic carbocycles. The number of rotatable bonds is 4. The molecule has 1 aromatic carbocycles. The fraction of sp³-hybridized carbons (Fsp3) is 0.429. The van der Waals surface area contributed by atoms with Crippen molar-refractivity contribution in [2.24, 2.45) is 4.99 Å². The molecule has 0 aromatic heterocycles. The topological polar surface area (TPSA) is 47.9 Å². The molecule has 1 aromatic rings. The smallest absolute Gasteiger partial charge is 0.191 e. The van der Waals surface area contributed by atoms with Crippen molar-refractivity contribution in [2.75, 3.05) is 13.7 Å². The lowest BCUT2D eigenvalue weighted by atomic mass is 10.1. The lowest BCUT2D eigenvalue weighted by molar-refractivity contribution is 0.0994. The van der Waals surface area contributed by atoms with Crippen molar-refractivity contribution in [1.82, 2.24) is 0 Å². The van der Waals surface area contributed by atoms with E-state index in [2.05, 4.69) is 4.99 Å². The van der Waals surface area contributed by atoms with Gasteiger partial charge >= 0.3 is 0 Å². The standard InChI is InChI=1S/C14H17NO3/c1-14(2)9-18-13(15-14)8-12(16)10-4-6-11(17-3)7-5-10/h4-7H,8-9H2,1-3H3. The van der Waals surface area contributed by atoms with Gasteiger partial charge in [0, 0.05) is 5.56 Å². The normalized spacial score (nSPS) is 16.9. The molecule has 0 fully saturated rings. The molecule has 4 heteroatoms. The maximum atomic E-state index is 12.0. The van der Waals surface area contributed by atoms with Crippen LogP contribution in [0, 0.1) is 0 Å². The highest BCUT2D eigenvalue weighted by atomic mass is 16.5. The molecular formula is C14H17NO3.